The fourth-order valence-electron chi connectivity index (χ4n) is 4.33. The maximum atomic E-state index is 15.2. The van der Waals surface area contributed by atoms with E-state index in [1.807, 2.05) is 0 Å². The van der Waals surface area contributed by atoms with Crippen LogP contribution in [0, 0.1) is 17.0 Å². The molecule has 0 saturated heterocycles. The average Bonchev–Trinajstić information content (AvgIpc) is 3.47. The zero-order chi connectivity index (χ0) is 25.8. The van der Waals surface area contributed by atoms with E-state index >= 15 is 4.39 Å². The number of hydrogen-bond acceptors (Lipinski definition) is 4. The molecular formula is C24H21F5N4O3. The van der Waals surface area contributed by atoms with Crippen molar-refractivity contribution < 1.29 is 31.5 Å². The van der Waals surface area contributed by atoms with Gasteiger partial charge in [-0.3, -0.25) is 9.36 Å². The number of carbonyl (C=O) groups excluding carboxylic acids is 1. The third kappa shape index (κ3) is 4.47. The van der Waals surface area contributed by atoms with Crippen molar-refractivity contribution in [2.75, 3.05) is 5.32 Å². The van der Waals surface area contributed by atoms with Crippen LogP contribution in [0.1, 0.15) is 42.4 Å². The molecule has 1 aliphatic heterocycles. The Morgan fingerprint density at radius 2 is 1.92 bits per heavy atom. The first-order valence-corrected chi connectivity index (χ1v) is 11.3. The van der Waals surface area contributed by atoms with Crippen LogP contribution in [-0.2, 0) is 13.0 Å². The van der Waals surface area contributed by atoms with Gasteiger partial charge in [0.1, 0.15) is 28.9 Å². The topological polar surface area (TPSA) is 78.2 Å². The molecule has 2 heterocycles. The number of nitrogens with zero attached hydrogens (tertiary/aromatic N) is 3. The predicted molar refractivity (Wildman–Crippen MR) is 118 cm³/mol. The van der Waals surface area contributed by atoms with Crippen molar-refractivity contribution >= 4 is 11.6 Å². The van der Waals surface area contributed by atoms with E-state index < -0.39 is 52.5 Å². The number of halogens is 5. The molecule has 12 heteroatoms. The van der Waals surface area contributed by atoms with Crippen molar-refractivity contribution in [1.82, 2.24) is 14.3 Å². The Kier molecular flexibility index (Phi) is 5.64. The van der Waals surface area contributed by atoms with Gasteiger partial charge >= 0.3 is 11.9 Å². The SMILES string of the molecule is C[C@H](Oc1cc(-n2nc3n(c2=O)CCC2(CC2)C3)c(F)cc1C(=O)Nc1cccc(F)c1)C(F)(F)F. The van der Waals surface area contributed by atoms with Crippen LogP contribution in [0.5, 0.6) is 5.75 Å². The summed E-state index contributed by atoms with van der Waals surface area (Å²) in [6.45, 7) is 1.15. The van der Waals surface area contributed by atoms with Gasteiger partial charge in [-0.1, -0.05) is 6.07 Å². The van der Waals surface area contributed by atoms with Gasteiger partial charge in [0.05, 0.1) is 5.56 Å². The van der Waals surface area contributed by atoms with Gasteiger partial charge in [0.15, 0.2) is 6.10 Å². The molecule has 1 atom stereocenters. The molecule has 1 aliphatic carbocycles. The number of amides is 1. The van der Waals surface area contributed by atoms with Crippen LogP contribution in [-0.4, -0.2) is 32.5 Å². The molecule has 0 radical (unpaired) electrons. The van der Waals surface area contributed by atoms with Gasteiger partial charge in [0.2, 0.25) is 0 Å². The number of aromatic nitrogens is 3. The Labute approximate surface area is 201 Å². The van der Waals surface area contributed by atoms with Crippen LogP contribution in [0.3, 0.4) is 0 Å². The molecule has 1 aromatic heterocycles. The quantitative estimate of drug-likeness (QED) is 0.511. The summed E-state index contributed by atoms with van der Waals surface area (Å²) in [5.41, 5.74) is -1.53. The highest BCUT2D eigenvalue weighted by Crippen LogP contribution is 2.53. The molecule has 1 amide bonds. The van der Waals surface area contributed by atoms with Crippen LogP contribution in [0.4, 0.5) is 27.6 Å². The molecule has 7 nitrogen and oxygen atoms in total. The van der Waals surface area contributed by atoms with Crippen molar-refractivity contribution in [1.29, 1.82) is 0 Å². The van der Waals surface area contributed by atoms with Gasteiger partial charge in [0.25, 0.3) is 5.91 Å². The summed E-state index contributed by atoms with van der Waals surface area (Å²) < 4.78 is 75.7. The first-order valence-electron chi connectivity index (χ1n) is 11.3. The molecule has 1 saturated carbocycles. The van der Waals surface area contributed by atoms with Crippen LogP contribution in [0.25, 0.3) is 5.69 Å². The zero-order valence-electron chi connectivity index (χ0n) is 19.0. The molecule has 3 aromatic rings. The van der Waals surface area contributed by atoms with E-state index in [1.54, 1.807) is 0 Å². The second kappa shape index (κ2) is 8.45. The number of ether oxygens (including phenoxy) is 1. The van der Waals surface area contributed by atoms with E-state index in [9.17, 15) is 27.2 Å². The number of benzene rings is 2. The highest BCUT2D eigenvalue weighted by Gasteiger charge is 2.46. The smallest absolute Gasteiger partial charge is 0.425 e. The molecular weight excluding hydrogens is 487 g/mol. The Balaban J connectivity index is 1.55. The van der Waals surface area contributed by atoms with E-state index in [1.165, 1.54) is 16.7 Å². The molecule has 5 rings (SSSR count). The minimum Gasteiger partial charge on any atom is -0.480 e. The molecule has 190 valence electrons. The van der Waals surface area contributed by atoms with E-state index in [0.717, 1.165) is 49.1 Å². The lowest BCUT2D eigenvalue weighted by molar-refractivity contribution is -0.189. The van der Waals surface area contributed by atoms with Crippen molar-refractivity contribution in [3.63, 3.8) is 0 Å². The van der Waals surface area contributed by atoms with Crippen molar-refractivity contribution in [3.05, 3.63) is 69.9 Å². The standard InChI is InChI=1S/C24H21F5N4O3/c1-13(24(27,28)29)36-19-11-18(33-22(35)32-8-7-23(5-6-23)12-20(32)31-33)17(26)10-16(19)21(34)30-15-4-2-3-14(25)9-15/h2-4,9-11,13H,5-8,12H2,1H3,(H,30,34)/t13-/m0/s1. The Morgan fingerprint density at radius 1 is 1.17 bits per heavy atom. The normalized spacial score (nSPS) is 16.9. The lowest BCUT2D eigenvalue weighted by atomic mass is 9.95. The Bertz CT molecular complexity index is 1410. The van der Waals surface area contributed by atoms with E-state index in [-0.39, 0.29) is 11.1 Å². The van der Waals surface area contributed by atoms with Gasteiger partial charge in [-0.15, -0.1) is 5.10 Å². The van der Waals surface area contributed by atoms with Crippen molar-refractivity contribution in [2.45, 2.75) is 51.4 Å². The fourth-order valence-corrected chi connectivity index (χ4v) is 4.33. The zero-order valence-corrected chi connectivity index (χ0v) is 19.0. The molecule has 2 aromatic carbocycles. The molecule has 36 heavy (non-hydrogen) atoms. The van der Waals surface area contributed by atoms with Gasteiger partial charge in [-0.2, -0.15) is 17.9 Å². The number of anilines is 1. The maximum Gasteiger partial charge on any atom is 0.425 e. The number of nitrogens with one attached hydrogen (secondary N) is 1. The number of rotatable bonds is 5. The van der Waals surface area contributed by atoms with E-state index in [4.69, 9.17) is 4.74 Å². The second-order valence-corrected chi connectivity index (χ2v) is 9.25. The van der Waals surface area contributed by atoms with Crippen LogP contribution >= 0.6 is 0 Å². The fraction of sp³-hybridized carbons (Fsp3) is 0.375. The molecule has 1 spiro atoms. The predicted octanol–water partition coefficient (Wildman–Crippen LogP) is 4.62. The maximum absolute atomic E-state index is 15.2. The van der Waals surface area contributed by atoms with Crippen LogP contribution in [0.15, 0.2) is 41.2 Å². The summed E-state index contributed by atoms with van der Waals surface area (Å²) in [5.74, 6) is -2.89. The highest BCUT2D eigenvalue weighted by atomic mass is 19.4. The van der Waals surface area contributed by atoms with Crippen LogP contribution < -0.4 is 15.7 Å². The second-order valence-electron chi connectivity index (χ2n) is 9.25. The highest BCUT2D eigenvalue weighted by molar-refractivity contribution is 6.06. The Morgan fingerprint density at radius 3 is 2.58 bits per heavy atom. The van der Waals surface area contributed by atoms with Gasteiger partial charge in [0, 0.05) is 24.7 Å². The average molecular weight is 508 g/mol. The number of carbonyl (C=O) groups is 1. The number of hydrogen-bond donors (Lipinski definition) is 1. The minimum atomic E-state index is -4.78. The molecule has 1 fully saturated rings. The molecule has 0 bridgehead atoms. The van der Waals surface area contributed by atoms with Gasteiger partial charge in [-0.05, 0) is 55.9 Å². The van der Waals surface area contributed by atoms with E-state index in [0.29, 0.717) is 24.9 Å². The summed E-state index contributed by atoms with van der Waals surface area (Å²) in [5, 5.41) is 6.55. The molecule has 0 unspecified atom stereocenters. The largest absolute Gasteiger partial charge is 0.480 e. The first-order chi connectivity index (χ1) is 17.0. The van der Waals surface area contributed by atoms with Crippen molar-refractivity contribution in [2.24, 2.45) is 5.41 Å². The summed E-state index contributed by atoms with van der Waals surface area (Å²) in [4.78, 5) is 25.8. The van der Waals surface area contributed by atoms with Crippen molar-refractivity contribution in [3.8, 4) is 11.4 Å². The molecule has 1 N–H and O–H groups in total. The Hall–Kier alpha value is -3.70. The third-order valence-corrected chi connectivity index (χ3v) is 6.66. The third-order valence-electron chi connectivity index (χ3n) is 6.66. The number of alkyl halides is 3. The van der Waals surface area contributed by atoms with Gasteiger partial charge in [-0.25, -0.2) is 13.6 Å². The lowest BCUT2D eigenvalue weighted by Gasteiger charge is -2.20. The lowest BCUT2D eigenvalue weighted by Crippen LogP contribution is -2.32. The summed E-state index contributed by atoms with van der Waals surface area (Å²) in [6.07, 6.45) is -3.74. The summed E-state index contributed by atoms with van der Waals surface area (Å²) in [6, 6.07) is 6.32. The van der Waals surface area contributed by atoms with E-state index in [2.05, 4.69) is 10.4 Å². The minimum absolute atomic E-state index is 0.00584. The monoisotopic (exact) mass is 508 g/mol. The molecule has 2 aliphatic rings. The summed E-state index contributed by atoms with van der Waals surface area (Å²) >= 11 is 0. The first kappa shape index (κ1) is 24.0. The van der Waals surface area contributed by atoms with Crippen LogP contribution in [0.2, 0.25) is 0 Å². The number of fused-ring (bicyclic) bond motifs is 1. The van der Waals surface area contributed by atoms with Gasteiger partial charge < -0.3 is 10.1 Å². The summed E-state index contributed by atoms with van der Waals surface area (Å²) in [7, 11) is 0.